The molecule has 0 bridgehead atoms. The van der Waals surface area contributed by atoms with Crippen LogP contribution in [0, 0.1) is 11.3 Å². The molecule has 1 N–H and O–H groups in total. The van der Waals surface area contributed by atoms with Gasteiger partial charge in [0.15, 0.2) is 0 Å². The lowest BCUT2D eigenvalue weighted by molar-refractivity contribution is 0.530. The molecule has 0 unspecified atom stereocenters. The Bertz CT molecular complexity index is 220. The zero-order chi connectivity index (χ0) is 15.4. The summed E-state index contributed by atoms with van der Waals surface area (Å²) in [6, 6.07) is 2.16. The van der Waals surface area contributed by atoms with Crippen LogP contribution in [0.2, 0.25) is 0 Å². The van der Waals surface area contributed by atoms with Crippen molar-refractivity contribution < 1.29 is 0 Å². The second-order valence-electron chi connectivity index (χ2n) is 6.25. The fourth-order valence-electron chi connectivity index (χ4n) is 2.71. The molecule has 0 aromatic carbocycles. The Kier molecular flexibility index (Phi) is 18.9. The van der Waals surface area contributed by atoms with Crippen molar-refractivity contribution in [1.82, 2.24) is 5.32 Å². The van der Waals surface area contributed by atoms with Crippen LogP contribution in [0.4, 0.5) is 0 Å². The first-order valence-electron chi connectivity index (χ1n) is 9.49. The summed E-state index contributed by atoms with van der Waals surface area (Å²) in [6.07, 6.45) is 20.4. The molecule has 0 aromatic heterocycles. The van der Waals surface area contributed by atoms with E-state index in [-0.39, 0.29) is 0 Å². The number of hydrogen-bond acceptors (Lipinski definition) is 2. The summed E-state index contributed by atoms with van der Waals surface area (Å²) in [5.74, 6) is 0. The molecule has 0 saturated carbocycles. The van der Waals surface area contributed by atoms with Crippen LogP contribution in [0.15, 0.2) is 0 Å². The third-order valence-corrected chi connectivity index (χ3v) is 4.12. The zero-order valence-electron chi connectivity index (χ0n) is 14.5. The van der Waals surface area contributed by atoms with E-state index in [2.05, 4.69) is 18.3 Å². The van der Waals surface area contributed by atoms with Crippen LogP contribution in [0.3, 0.4) is 0 Å². The molecule has 0 aromatic rings. The van der Waals surface area contributed by atoms with Crippen LogP contribution < -0.4 is 5.32 Å². The molecule has 0 atom stereocenters. The number of unbranched alkanes of at least 4 members (excludes halogenated alkanes) is 13. The molecular formula is C19H38N2. The van der Waals surface area contributed by atoms with Gasteiger partial charge in [0.25, 0.3) is 0 Å². The van der Waals surface area contributed by atoms with Gasteiger partial charge >= 0.3 is 0 Å². The molecule has 2 nitrogen and oxygen atoms in total. The first-order valence-corrected chi connectivity index (χ1v) is 9.49. The van der Waals surface area contributed by atoms with E-state index in [1.807, 2.05) is 0 Å². The summed E-state index contributed by atoms with van der Waals surface area (Å²) < 4.78 is 0. The zero-order valence-corrected chi connectivity index (χ0v) is 14.5. The van der Waals surface area contributed by atoms with Crippen LogP contribution in [0.25, 0.3) is 0 Å². The highest BCUT2D eigenvalue weighted by Gasteiger charge is 1.94. The second-order valence-corrected chi connectivity index (χ2v) is 6.25. The van der Waals surface area contributed by atoms with Gasteiger partial charge in [-0.1, -0.05) is 90.4 Å². The normalized spacial score (nSPS) is 10.7. The van der Waals surface area contributed by atoms with Crippen molar-refractivity contribution in [3.05, 3.63) is 0 Å². The largest absolute Gasteiger partial charge is 0.316 e. The van der Waals surface area contributed by atoms with Crippen molar-refractivity contribution >= 4 is 0 Å². The fraction of sp³-hybridized carbons (Fsp3) is 0.947. The third kappa shape index (κ3) is 19.4. The van der Waals surface area contributed by atoms with E-state index in [0.29, 0.717) is 6.42 Å². The maximum atomic E-state index is 8.40. The molecule has 0 radical (unpaired) electrons. The number of hydrogen-bond donors (Lipinski definition) is 1. The molecule has 0 aliphatic heterocycles. The average molecular weight is 295 g/mol. The molecule has 0 fully saturated rings. The van der Waals surface area contributed by atoms with E-state index < -0.39 is 0 Å². The maximum absolute atomic E-state index is 8.40. The van der Waals surface area contributed by atoms with Crippen LogP contribution >= 0.6 is 0 Å². The van der Waals surface area contributed by atoms with Gasteiger partial charge in [-0.15, -0.1) is 0 Å². The molecule has 0 rings (SSSR count). The van der Waals surface area contributed by atoms with E-state index in [1.165, 1.54) is 89.9 Å². The molecule has 0 spiro atoms. The lowest BCUT2D eigenvalue weighted by atomic mass is 10.0. The number of nitrogens with zero attached hydrogens (tertiary/aromatic N) is 1. The SMILES string of the molecule is CCCCCCCCCCCCCCCCNCCC#N. The van der Waals surface area contributed by atoms with E-state index in [4.69, 9.17) is 5.26 Å². The molecule has 0 saturated heterocycles. The van der Waals surface area contributed by atoms with Crippen molar-refractivity contribution in [1.29, 1.82) is 5.26 Å². The molecule has 2 heteroatoms. The minimum absolute atomic E-state index is 0.638. The molecule has 0 aliphatic carbocycles. The fourth-order valence-corrected chi connectivity index (χ4v) is 2.71. The summed E-state index contributed by atoms with van der Waals surface area (Å²) in [7, 11) is 0. The minimum atomic E-state index is 0.638. The highest BCUT2D eigenvalue weighted by atomic mass is 14.8. The van der Waals surface area contributed by atoms with Gasteiger partial charge in [0.05, 0.1) is 6.07 Å². The second kappa shape index (κ2) is 19.4. The van der Waals surface area contributed by atoms with Gasteiger partial charge in [-0.25, -0.2) is 0 Å². The monoisotopic (exact) mass is 294 g/mol. The molecular weight excluding hydrogens is 256 g/mol. The van der Waals surface area contributed by atoms with Crippen molar-refractivity contribution in [3.8, 4) is 6.07 Å². The Balaban J connectivity index is 2.92. The number of nitrogens with one attached hydrogen (secondary N) is 1. The van der Waals surface area contributed by atoms with Gasteiger partial charge in [-0.3, -0.25) is 0 Å². The van der Waals surface area contributed by atoms with Gasteiger partial charge in [0, 0.05) is 13.0 Å². The van der Waals surface area contributed by atoms with E-state index in [0.717, 1.165) is 13.1 Å². The first kappa shape index (κ1) is 20.5. The van der Waals surface area contributed by atoms with Crippen LogP contribution in [0.1, 0.15) is 103 Å². The predicted octanol–water partition coefficient (Wildman–Crippen LogP) is 5.97. The minimum Gasteiger partial charge on any atom is -0.316 e. The Morgan fingerprint density at radius 3 is 1.48 bits per heavy atom. The topological polar surface area (TPSA) is 35.8 Å². The lowest BCUT2D eigenvalue weighted by Crippen LogP contribution is -2.15. The van der Waals surface area contributed by atoms with E-state index >= 15 is 0 Å². The summed E-state index contributed by atoms with van der Waals surface area (Å²) in [5.41, 5.74) is 0. The van der Waals surface area contributed by atoms with Crippen LogP contribution in [-0.2, 0) is 0 Å². The summed E-state index contributed by atoms with van der Waals surface area (Å²) in [4.78, 5) is 0. The molecule has 0 heterocycles. The van der Waals surface area contributed by atoms with Gasteiger partial charge in [0.1, 0.15) is 0 Å². The van der Waals surface area contributed by atoms with Gasteiger partial charge in [-0.05, 0) is 13.0 Å². The third-order valence-electron chi connectivity index (χ3n) is 4.12. The quantitative estimate of drug-likeness (QED) is 0.335. The van der Waals surface area contributed by atoms with Crippen molar-refractivity contribution in [2.24, 2.45) is 0 Å². The number of rotatable bonds is 17. The summed E-state index contributed by atoms with van der Waals surface area (Å²) in [5, 5.41) is 11.7. The Morgan fingerprint density at radius 1 is 0.619 bits per heavy atom. The highest BCUT2D eigenvalue weighted by molar-refractivity contribution is 4.69. The van der Waals surface area contributed by atoms with Gasteiger partial charge in [-0.2, -0.15) is 5.26 Å². The van der Waals surface area contributed by atoms with Crippen molar-refractivity contribution in [3.63, 3.8) is 0 Å². The Morgan fingerprint density at radius 2 is 1.05 bits per heavy atom. The molecule has 0 amide bonds. The number of nitriles is 1. The predicted molar refractivity (Wildman–Crippen MR) is 93.4 cm³/mol. The summed E-state index contributed by atoms with van der Waals surface area (Å²) in [6.45, 7) is 4.22. The summed E-state index contributed by atoms with van der Waals surface area (Å²) >= 11 is 0. The molecule has 21 heavy (non-hydrogen) atoms. The average Bonchev–Trinajstić information content (AvgIpc) is 2.50. The smallest absolute Gasteiger partial charge is 0.0635 e. The highest BCUT2D eigenvalue weighted by Crippen LogP contribution is 2.12. The van der Waals surface area contributed by atoms with E-state index in [1.54, 1.807) is 0 Å². The van der Waals surface area contributed by atoms with Crippen molar-refractivity contribution in [2.45, 2.75) is 103 Å². The Labute approximate surface area is 133 Å². The molecule has 124 valence electrons. The standard InChI is InChI=1S/C19H38N2/c1-2-3-4-5-6-7-8-9-10-11-12-13-14-15-18-21-19-16-17-20/h21H,2-16,18-19H2,1H3. The van der Waals surface area contributed by atoms with E-state index in [9.17, 15) is 0 Å². The lowest BCUT2D eigenvalue weighted by Gasteiger charge is -2.04. The van der Waals surface area contributed by atoms with Crippen LogP contribution in [-0.4, -0.2) is 13.1 Å². The maximum Gasteiger partial charge on any atom is 0.0635 e. The van der Waals surface area contributed by atoms with Crippen molar-refractivity contribution in [2.75, 3.05) is 13.1 Å². The first-order chi connectivity index (χ1) is 10.4. The van der Waals surface area contributed by atoms with Gasteiger partial charge < -0.3 is 5.32 Å². The Hall–Kier alpha value is -0.550. The van der Waals surface area contributed by atoms with Crippen LogP contribution in [0.5, 0.6) is 0 Å². The molecule has 0 aliphatic rings. The van der Waals surface area contributed by atoms with Gasteiger partial charge in [0.2, 0.25) is 0 Å².